The van der Waals surface area contributed by atoms with Crippen LogP contribution in [0.3, 0.4) is 0 Å². The van der Waals surface area contributed by atoms with Gasteiger partial charge in [-0.05, 0) is 37.5 Å². The Morgan fingerprint density at radius 3 is 2.78 bits per heavy atom. The lowest BCUT2D eigenvalue weighted by Gasteiger charge is -2.44. The van der Waals surface area contributed by atoms with Crippen LogP contribution in [0, 0.1) is 17.3 Å². The molecule has 1 aliphatic carbocycles. The van der Waals surface area contributed by atoms with Crippen LogP contribution in [0.2, 0.25) is 0 Å². The van der Waals surface area contributed by atoms with Gasteiger partial charge in [-0.3, -0.25) is 4.79 Å². The van der Waals surface area contributed by atoms with Crippen LogP contribution in [0.4, 0.5) is 0 Å². The van der Waals surface area contributed by atoms with Crippen LogP contribution >= 0.6 is 12.2 Å². The van der Waals surface area contributed by atoms with Crippen molar-refractivity contribution in [3.63, 3.8) is 0 Å². The van der Waals surface area contributed by atoms with Crippen molar-refractivity contribution in [2.45, 2.75) is 32.6 Å². The lowest BCUT2D eigenvalue weighted by atomic mass is 9.62. The fourth-order valence-electron chi connectivity index (χ4n) is 3.00. The van der Waals surface area contributed by atoms with E-state index in [2.05, 4.69) is 12.2 Å². The first-order chi connectivity index (χ1) is 8.54. The minimum Gasteiger partial charge on any atom is -0.392 e. The van der Waals surface area contributed by atoms with Crippen molar-refractivity contribution in [2.75, 3.05) is 19.8 Å². The van der Waals surface area contributed by atoms with E-state index >= 15 is 0 Å². The van der Waals surface area contributed by atoms with E-state index in [1.165, 1.54) is 0 Å². The fourth-order valence-corrected chi connectivity index (χ4v) is 3.26. The Kier molecular flexibility index (Phi) is 4.22. The van der Waals surface area contributed by atoms with Gasteiger partial charge in [-0.25, -0.2) is 0 Å². The van der Waals surface area contributed by atoms with Gasteiger partial charge in [0.05, 0.1) is 10.4 Å². The minimum absolute atomic E-state index is 0.0204. The maximum absolute atomic E-state index is 12.2. The molecule has 0 bridgehead atoms. The third-order valence-electron chi connectivity index (χ3n) is 4.16. The van der Waals surface area contributed by atoms with E-state index in [9.17, 15) is 4.79 Å². The molecule has 0 aromatic carbocycles. The first-order valence-electron chi connectivity index (χ1n) is 6.70. The standard InChI is InChI=1S/C13H22N2O2S/c1-9-6-13(7-9,11(14)18)12(16)15-4-2-10-3-5-17-8-10/h9-10H,2-8H2,1H3,(H2,14,18)(H,15,16). The van der Waals surface area contributed by atoms with Crippen molar-refractivity contribution in [3.05, 3.63) is 0 Å². The summed E-state index contributed by atoms with van der Waals surface area (Å²) in [5.41, 5.74) is 5.17. The van der Waals surface area contributed by atoms with Gasteiger partial charge in [-0.15, -0.1) is 0 Å². The summed E-state index contributed by atoms with van der Waals surface area (Å²) in [5, 5.41) is 2.99. The molecule has 2 fully saturated rings. The zero-order valence-electron chi connectivity index (χ0n) is 10.9. The maximum atomic E-state index is 12.2. The summed E-state index contributed by atoms with van der Waals surface area (Å²) in [5.74, 6) is 1.15. The summed E-state index contributed by atoms with van der Waals surface area (Å²) in [6, 6.07) is 0. The molecule has 1 unspecified atom stereocenters. The molecule has 1 saturated heterocycles. The molecule has 3 N–H and O–H groups in total. The number of ether oxygens (including phenoxy) is 1. The van der Waals surface area contributed by atoms with Gasteiger partial charge < -0.3 is 15.8 Å². The normalized spacial score (nSPS) is 34.9. The highest BCUT2D eigenvalue weighted by Crippen LogP contribution is 2.45. The first kappa shape index (κ1) is 13.7. The summed E-state index contributed by atoms with van der Waals surface area (Å²) in [7, 11) is 0. The van der Waals surface area contributed by atoms with E-state index in [1.54, 1.807) is 0 Å². The third kappa shape index (κ3) is 2.67. The Morgan fingerprint density at radius 2 is 2.28 bits per heavy atom. The summed E-state index contributed by atoms with van der Waals surface area (Å²) in [6.45, 7) is 4.51. The zero-order chi connectivity index (χ0) is 13.2. The fraction of sp³-hybridized carbons (Fsp3) is 0.846. The van der Waals surface area contributed by atoms with Crippen molar-refractivity contribution in [2.24, 2.45) is 23.0 Å². The highest BCUT2D eigenvalue weighted by Gasteiger charge is 2.50. The van der Waals surface area contributed by atoms with E-state index in [0.717, 1.165) is 38.9 Å². The molecule has 0 spiro atoms. The molecule has 1 amide bonds. The van der Waals surface area contributed by atoms with Gasteiger partial charge in [-0.2, -0.15) is 0 Å². The Balaban J connectivity index is 1.77. The molecule has 2 rings (SSSR count). The summed E-state index contributed by atoms with van der Waals surface area (Å²) < 4.78 is 5.31. The van der Waals surface area contributed by atoms with Crippen LogP contribution in [0.25, 0.3) is 0 Å². The predicted molar refractivity (Wildman–Crippen MR) is 74.2 cm³/mol. The lowest BCUT2D eigenvalue weighted by Crippen LogP contribution is -2.56. The van der Waals surface area contributed by atoms with Crippen molar-refractivity contribution >= 4 is 23.1 Å². The van der Waals surface area contributed by atoms with Crippen LogP contribution in [0.5, 0.6) is 0 Å². The molecular formula is C13H22N2O2S. The predicted octanol–water partition coefficient (Wildman–Crippen LogP) is 1.23. The van der Waals surface area contributed by atoms with Crippen molar-refractivity contribution in [1.29, 1.82) is 0 Å². The molecule has 5 heteroatoms. The van der Waals surface area contributed by atoms with Crippen LogP contribution < -0.4 is 11.1 Å². The van der Waals surface area contributed by atoms with Gasteiger partial charge in [0.2, 0.25) is 5.91 Å². The van der Waals surface area contributed by atoms with E-state index in [-0.39, 0.29) is 5.91 Å². The number of nitrogens with two attached hydrogens (primary N) is 1. The molecule has 1 atom stereocenters. The van der Waals surface area contributed by atoms with Crippen molar-refractivity contribution < 1.29 is 9.53 Å². The molecule has 4 nitrogen and oxygen atoms in total. The average Bonchev–Trinajstić information content (AvgIpc) is 2.76. The number of rotatable bonds is 5. The van der Waals surface area contributed by atoms with Crippen LogP contribution in [0.15, 0.2) is 0 Å². The number of hydrogen-bond acceptors (Lipinski definition) is 3. The zero-order valence-corrected chi connectivity index (χ0v) is 11.7. The molecule has 18 heavy (non-hydrogen) atoms. The Bertz CT molecular complexity index is 334. The smallest absolute Gasteiger partial charge is 0.233 e. The quantitative estimate of drug-likeness (QED) is 0.738. The van der Waals surface area contributed by atoms with Crippen LogP contribution in [-0.2, 0) is 9.53 Å². The Morgan fingerprint density at radius 1 is 1.56 bits per heavy atom. The van der Waals surface area contributed by atoms with Gasteiger partial charge in [0, 0.05) is 19.8 Å². The molecule has 0 aromatic heterocycles. The second-order valence-electron chi connectivity index (χ2n) is 5.73. The average molecular weight is 270 g/mol. The minimum atomic E-state index is -0.569. The topological polar surface area (TPSA) is 64.3 Å². The Labute approximate surface area is 114 Å². The number of nitrogens with one attached hydrogen (secondary N) is 1. The highest BCUT2D eigenvalue weighted by atomic mass is 32.1. The largest absolute Gasteiger partial charge is 0.392 e. The van der Waals surface area contributed by atoms with Gasteiger partial charge in [0.15, 0.2) is 0 Å². The van der Waals surface area contributed by atoms with Crippen molar-refractivity contribution in [3.8, 4) is 0 Å². The number of carbonyl (C=O) groups excluding carboxylic acids is 1. The lowest BCUT2D eigenvalue weighted by molar-refractivity contribution is -0.132. The SMILES string of the molecule is CC1CC(C(=O)NCCC2CCOC2)(C(N)=S)C1. The van der Waals surface area contributed by atoms with E-state index < -0.39 is 5.41 Å². The van der Waals surface area contributed by atoms with Crippen LogP contribution in [-0.4, -0.2) is 30.7 Å². The Hall–Kier alpha value is -0.680. The second kappa shape index (κ2) is 5.53. The maximum Gasteiger partial charge on any atom is 0.233 e. The highest BCUT2D eigenvalue weighted by molar-refractivity contribution is 7.80. The van der Waals surface area contributed by atoms with Crippen molar-refractivity contribution in [1.82, 2.24) is 5.32 Å². The van der Waals surface area contributed by atoms with Gasteiger partial charge >= 0.3 is 0 Å². The van der Waals surface area contributed by atoms with Gasteiger partial charge in [0.1, 0.15) is 0 Å². The van der Waals surface area contributed by atoms with E-state index in [0.29, 0.717) is 23.4 Å². The molecule has 1 saturated carbocycles. The second-order valence-corrected chi connectivity index (χ2v) is 6.17. The number of amides is 1. The summed E-state index contributed by atoms with van der Waals surface area (Å²) in [6.07, 6.45) is 3.67. The van der Waals surface area contributed by atoms with Crippen LogP contribution in [0.1, 0.15) is 32.6 Å². The molecule has 2 aliphatic rings. The first-order valence-corrected chi connectivity index (χ1v) is 7.11. The van der Waals surface area contributed by atoms with Gasteiger partial charge in [0.25, 0.3) is 0 Å². The molecule has 1 aliphatic heterocycles. The molecule has 0 aromatic rings. The van der Waals surface area contributed by atoms with Gasteiger partial charge in [-0.1, -0.05) is 19.1 Å². The van der Waals surface area contributed by atoms with E-state index in [1.807, 2.05) is 0 Å². The monoisotopic (exact) mass is 270 g/mol. The molecule has 102 valence electrons. The number of hydrogen-bond donors (Lipinski definition) is 2. The number of thiocarbonyl (C=S) groups is 1. The number of carbonyl (C=O) groups is 1. The molecule has 1 heterocycles. The molecular weight excluding hydrogens is 248 g/mol. The summed E-state index contributed by atoms with van der Waals surface area (Å²) >= 11 is 5.06. The third-order valence-corrected chi connectivity index (χ3v) is 4.55. The summed E-state index contributed by atoms with van der Waals surface area (Å²) in [4.78, 5) is 12.5. The molecule has 0 radical (unpaired) electrons. The van der Waals surface area contributed by atoms with E-state index in [4.69, 9.17) is 22.7 Å².